The number of aromatic carboxylic acids is 1. The highest BCUT2D eigenvalue weighted by atomic mass is 35.5. The van der Waals surface area contributed by atoms with Crippen LogP contribution in [0.4, 0.5) is 10.5 Å². The van der Waals surface area contributed by atoms with Crippen molar-refractivity contribution in [2.24, 2.45) is 0 Å². The maximum Gasteiger partial charge on any atom is 0.335 e. The second kappa shape index (κ2) is 6.07. The van der Waals surface area contributed by atoms with Crippen molar-refractivity contribution in [2.75, 3.05) is 11.9 Å². The van der Waals surface area contributed by atoms with Gasteiger partial charge in [0.1, 0.15) is 0 Å². The Morgan fingerprint density at radius 1 is 1.44 bits per heavy atom. The van der Waals surface area contributed by atoms with Gasteiger partial charge in [-0.1, -0.05) is 23.8 Å². The zero-order chi connectivity index (χ0) is 13.7. The molecule has 0 radical (unpaired) electrons. The first kappa shape index (κ1) is 14.1. The molecule has 0 saturated carbocycles. The van der Waals surface area contributed by atoms with Crippen molar-refractivity contribution in [3.05, 3.63) is 40.9 Å². The van der Waals surface area contributed by atoms with Gasteiger partial charge in [-0.2, -0.15) is 0 Å². The Bertz CT molecular complexity index is 500. The first-order chi connectivity index (χ1) is 8.40. The molecule has 1 rings (SSSR count). The Morgan fingerprint density at radius 3 is 2.67 bits per heavy atom. The molecule has 0 saturated heterocycles. The quantitative estimate of drug-likeness (QED) is 0.735. The van der Waals surface area contributed by atoms with E-state index >= 15 is 0 Å². The van der Waals surface area contributed by atoms with E-state index in [-0.39, 0.29) is 16.3 Å². The van der Waals surface area contributed by atoms with Crippen LogP contribution < -0.4 is 10.6 Å². The summed E-state index contributed by atoms with van der Waals surface area (Å²) in [6, 6.07) is 3.61. The fraction of sp³-hybridized carbons (Fsp3) is 0.167. The maximum atomic E-state index is 11.5. The first-order valence-corrected chi connectivity index (χ1v) is 5.50. The number of hydrogen-bond donors (Lipinski definition) is 3. The van der Waals surface area contributed by atoms with E-state index in [1.54, 1.807) is 6.92 Å². The summed E-state index contributed by atoms with van der Waals surface area (Å²) in [6.07, 6.45) is 0. The molecule has 0 fully saturated rings. The Hall–Kier alpha value is -2.01. The minimum Gasteiger partial charge on any atom is -0.478 e. The molecule has 1 aromatic rings. The van der Waals surface area contributed by atoms with E-state index in [9.17, 15) is 9.59 Å². The second-order valence-corrected chi connectivity index (χ2v) is 4.17. The molecule has 0 bridgehead atoms. The van der Waals surface area contributed by atoms with Crippen LogP contribution >= 0.6 is 11.6 Å². The Balaban J connectivity index is 2.77. The third-order valence-corrected chi connectivity index (χ3v) is 2.34. The van der Waals surface area contributed by atoms with Crippen molar-refractivity contribution >= 4 is 29.3 Å². The summed E-state index contributed by atoms with van der Waals surface area (Å²) in [5.41, 5.74) is 1.10. The van der Waals surface area contributed by atoms with Crippen LogP contribution in [0.5, 0.6) is 0 Å². The van der Waals surface area contributed by atoms with Gasteiger partial charge in [0.15, 0.2) is 0 Å². The number of urea groups is 1. The second-order valence-electron chi connectivity index (χ2n) is 3.76. The maximum absolute atomic E-state index is 11.5. The number of amides is 2. The lowest BCUT2D eigenvalue weighted by Gasteiger charge is -2.09. The molecular formula is C12H13ClN2O3. The van der Waals surface area contributed by atoms with Gasteiger partial charge in [0.25, 0.3) is 0 Å². The number of carbonyl (C=O) groups excluding carboxylic acids is 1. The molecule has 0 spiro atoms. The predicted octanol–water partition coefficient (Wildman–Crippen LogP) is 2.74. The SMILES string of the molecule is C=C(C)CNC(=O)Nc1cc(C(=O)O)ccc1Cl. The van der Waals surface area contributed by atoms with Crippen molar-refractivity contribution in [3.8, 4) is 0 Å². The van der Waals surface area contributed by atoms with Gasteiger partial charge in [-0.25, -0.2) is 9.59 Å². The van der Waals surface area contributed by atoms with Gasteiger partial charge >= 0.3 is 12.0 Å². The lowest BCUT2D eigenvalue weighted by Crippen LogP contribution is -2.30. The molecule has 0 aliphatic carbocycles. The standard InChI is InChI=1S/C12H13ClN2O3/c1-7(2)6-14-12(18)15-10-5-8(11(16)17)3-4-9(10)13/h3-5H,1,6H2,2H3,(H,16,17)(H2,14,15,18). The molecule has 0 aliphatic rings. The van der Waals surface area contributed by atoms with Crippen LogP contribution in [0.2, 0.25) is 5.02 Å². The van der Waals surface area contributed by atoms with Crippen LogP contribution in [0.15, 0.2) is 30.4 Å². The van der Waals surface area contributed by atoms with E-state index in [1.165, 1.54) is 18.2 Å². The van der Waals surface area contributed by atoms with E-state index in [0.29, 0.717) is 6.54 Å². The van der Waals surface area contributed by atoms with E-state index in [2.05, 4.69) is 17.2 Å². The summed E-state index contributed by atoms with van der Waals surface area (Å²) in [5, 5.41) is 14.1. The van der Waals surface area contributed by atoms with E-state index < -0.39 is 12.0 Å². The average Bonchev–Trinajstić information content (AvgIpc) is 2.29. The van der Waals surface area contributed by atoms with Gasteiger partial charge < -0.3 is 15.7 Å². The molecule has 2 amide bonds. The molecule has 5 nitrogen and oxygen atoms in total. The van der Waals surface area contributed by atoms with Crippen LogP contribution in [0.25, 0.3) is 0 Å². The number of nitrogens with one attached hydrogen (secondary N) is 2. The van der Waals surface area contributed by atoms with E-state index in [1.807, 2.05) is 0 Å². The van der Waals surface area contributed by atoms with Crippen LogP contribution in [0, 0.1) is 0 Å². The molecule has 0 unspecified atom stereocenters. The monoisotopic (exact) mass is 268 g/mol. The van der Waals surface area contributed by atoms with Crippen LogP contribution in [0.1, 0.15) is 17.3 Å². The molecule has 18 heavy (non-hydrogen) atoms. The fourth-order valence-electron chi connectivity index (χ4n) is 1.15. The van der Waals surface area contributed by atoms with Gasteiger partial charge in [-0.05, 0) is 25.1 Å². The molecule has 0 heterocycles. The molecule has 96 valence electrons. The van der Waals surface area contributed by atoms with Crippen molar-refractivity contribution in [3.63, 3.8) is 0 Å². The van der Waals surface area contributed by atoms with Crippen molar-refractivity contribution in [1.29, 1.82) is 0 Å². The van der Waals surface area contributed by atoms with Crippen molar-refractivity contribution < 1.29 is 14.7 Å². The molecule has 0 atom stereocenters. The zero-order valence-corrected chi connectivity index (χ0v) is 10.5. The summed E-state index contributed by atoms with van der Waals surface area (Å²) in [4.78, 5) is 22.3. The van der Waals surface area contributed by atoms with Crippen LogP contribution in [0.3, 0.4) is 0 Å². The third kappa shape index (κ3) is 4.10. The summed E-state index contributed by atoms with van der Waals surface area (Å²) in [6.45, 7) is 5.75. The largest absolute Gasteiger partial charge is 0.478 e. The van der Waals surface area contributed by atoms with Gasteiger partial charge in [-0.15, -0.1) is 0 Å². The number of carboxylic acids is 1. The fourth-order valence-corrected chi connectivity index (χ4v) is 1.32. The van der Waals surface area contributed by atoms with Crippen LogP contribution in [-0.4, -0.2) is 23.7 Å². The number of hydrogen-bond acceptors (Lipinski definition) is 2. The van der Waals surface area contributed by atoms with Gasteiger partial charge in [0, 0.05) is 6.54 Å². The average molecular weight is 269 g/mol. The Morgan fingerprint density at radius 2 is 2.11 bits per heavy atom. The summed E-state index contributed by atoms with van der Waals surface area (Å²) < 4.78 is 0. The Labute approximate surface area is 109 Å². The number of anilines is 1. The lowest BCUT2D eigenvalue weighted by molar-refractivity contribution is 0.0697. The number of carboxylic acid groups (broad SMARTS) is 1. The topological polar surface area (TPSA) is 78.4 Å². The summed E-state index contributed by atoms with van der Waals surface area (Å²) >= 11 is 5.85. The molecule has 0 aromatic heterocycles. The highest BCUT2D eigenvalue weighted by molar-refractivity contribution is 6.33. The molecule has 6 heteroatoms. The number of rotatable bonds is 4. The zero-order valence-electron chi connectivity index (χ0n) is 9.79. The minimum absolute atomic E-state index is 0.0506. The number of benzene rings is 1. The van der Waals surface area contributed by atoms with E-state index in [4.69, 9.17) is 16.7 Å². The minimum atomic E-state index is -1.09. The van der Waals surface area contributed by atoms with E-state index in [0.717, 1.165) is 5.57 Å². The van der Waals surface area contributed by atoms with Gasteiger partial charge in [-0.3, -0.25) is 0 Å². The number of carbonyl (C=O) groups is 2. The molecule has 0 aliphatic heterocycles. The smallest absolute Gasteiger partial charge is 0.335 e. The highest BCUT2D eigenvalue weighted by Gasteiger charge is 2.09. The Kier molecular flexibility index (Phi) is 4.74. The summed E-state index contributed by atoms with van der Waals surface area (Å²) in [5.74, 6) is -1.09. The third-order valence-electron chi connectivity index (χ3n) is 2.01. The predicted molar refractivity (Wildman–Crippen MR) is 70.2 cm³/mol. The highest BCUT2D eigenvalue weighted by Crippen LogP contribution is 2.22. The van der Waals surface area contributed by atoms with Gasteiger partial charge in [0.05, 0.1) is 16.3 Å². The lowest BCUT2D eigenvalue weighted by atomic mass is 10.2. The van der Waals surface area contributed by atoms with Crippen molar-refractivity contribution in [1.82, 2.24) is 5.32 Å². The summed E-state index contributed by atoms with van der Waals surface area (Å²) in [7, 11) is 0. The van der Waals surface area contributed by atoms with Gasteiger partial charge in [0.2, 0.25) is 0 Å². The normalized spacial score (nSPS) is 9.67. The molecular weight excluding hydrogens is 256 g/mol. The van der Waals surface area contributed by atoms with Crippen LogP contribution in [-0.2, 0) is 0 Å². The number of halogens is 1. The van der Waals surface area contributed by atoms with Crippen molar-refractivity contribution in [2.45, 2.75) is 6.92 Å². The first-order valence-electron chi connectivity index (χ1n) is 5.12. The molecule has 1 aromatic carbocycles. The molecule has 3 N–H and O–H groups in total.